The zero-order chi connectivity index (χ0) is 21.4. The quantitative estimate of drug-likeness (QED) is 0.786. The van der Waals surface area contributed by atoms with Gasteiger partial charge in [-0.15, -0.1) is 0 Å². The molecule has 0 saturated heterocycles. The number of ether oxygens (including phenoxy) is 1. The molecule has 0 saturated carbocycles. The Hall–Kier alpha value is -3.26. The van der Waals surface area contributed by atoms with Gasteiger partial charge in [0.1, 0.15) is 11.6 Å². The number of carbonyl (C=O) groups excluding carboxylic acids is 2. The van der Waals surface area contributed by atoms with Crippen LogP contribution in [0.2, 0.25) is 0 Å². The lowest BCUT2D eigenvalue weighted by Crippen LogP contribution is -2.44. The minimum absolute atomic E-state index is 0.340. The molecule has 1 atom stereocenters. The number of rotatable bonds is 5. The first-order chi connectivity index (χ1) is 13.6. The number of amides is 1. The summed E-state index contributed by atoms with van der Waals surface area (Å²) in [6.07, 6.45) is -0.295. The highest BCUT2D eigenvalue weighted by Crippen LogP contribution is 2.12. The fraction of sp³-hybridized carbons (Fsp3) is 0.333. The number of anilines is 1. The molecule has 5 heteroatoms. The maximum atomic E-state index is 12.7. The van der Waals surface area contributed by atoms with Crippen LogP contribution in [0.1, 0.15) is 31.9 Å². The number of nitrogens with zero attached hydrogens (tertiary/aromatic N) is 1. The Bertz CT molecular complexity index is 886. The van der Waals surface area contributed by atoms with Gasteiger partial charge < -0.3 is 15.0 Å². The minimum Gasteiger partial charge on any atom is -0.444 e. The summed E-state index contributed by atoms with van der Waals surface area (Å²) in [5.74, 6) is 5.19. The molecule has 0 aliphatic heterocycles. The van der Waals surface area contributed by atoms with Gasteiger partial charge in [-0.05, 0) is 56.5 Å². The van der Waals surface area contributed by atoms with Crippen molar-refractivity contribution in [1.29, 1.82) is 0 Å². The van der Waals surface area contributed by atoms with Crippen molar-refractivity contribution in [3.8, 4) is 11.8 Å². The van der Waals surface area contributed by atoms with Crippen molar-refractivity contribution < 1.29 is 14.3 Å². The van der Waals surface area contributed by atoms with Gasteiger partial charge in [0, 0.05) is 31.8 Å². The third-order valence-electron chi connectivity index (χ3n) is 4.00. The van der Waals surface area contributed by atoms with Crippen LogP contribution >= 0.6 is 0 Å². The lowest BCUT2D eigenvalue weighted by Gasteiger charge is -2.22. The Morgan fingerprint density at radius 2 is 1.66 bits per heavy atom. The molecule has 0 unspecified atom stereocenters. The van der Waals surface area contributed by atoms with E-state index >= 15 is 0 Å². The number of hydrogen-bond acceptors (Lipinski definition) is 4. The molecule has 0 aliphatic rings. The first kappa shape index (κ1) is 22.0. The normalized spacial score (nSPS) is 11.6. The molecule has 0 bridgehead atoms. The van der Waals surface area contributed by atoms with E-state index in [-0.39, 0.29) is 5.78 Å². The van der Waals surface area contributed by atoms with Crippen molar-refractivity contribution in [2.75, 3.05) is 19.0 Å². The number of alkyl carbamates (subject to hydrolysis) is 1. The van der Waals surface area contributed by atoms with Gasteiger partial charge in [0.25, 0.3) is 0 Å². The Kier molecular flexibility index (Phi) is 7.44. The Morgan fingerprint density at radius 1 is 1.03 bits per heavy atom. The number of benzene rings is 2. The van der Waals surface area contributed by atoms with Crippen LogP contribution in [0.5, 0.6) is 0 Å². The van der Waals surface area contributed by atoms with Crippen LogP contribution in [0.3, 0.4) is 0 Å². The highest BCUT2D eigenvalue weighted by Gasteiger charge is 2.23. The number of hydrogen-bond donors (Lipinski definition) is 1. The van der Waals surface area contributed by atoms with E-state index in [9.17, 15) is 9.59 Å². The fourth-order valence-corrected chi connectivity index (χ4v) is 2.57. The van der Waals surface area contributed by atoms with E-state index in [1.165, 1.54) is 0 Å². The largest absolute Gasteiger partial charge is 0.444 e. The molecule has 0 spiro atoms. The van der Waals surface area contributed by atoms with E-state index in [1.807, 2.05) is 73.6 Å². The van der Waals surface area contributed by atoms with Crippen molar-refractivity contribution in [3.05, 3.63) is 65.7 Å². The van der Waals surface area contributed by atoms with Crippen LogP contribution in [0.25, 0.3) is 0 Å². The van der Waals surface area contributed by atoms with Gasteiger partial charge in [-0.25, -0.2) is 4.79 Å². The standard InChI is InChI=1S/C24H28N2O3/c1-24(2,3)29-23(28)25-21(17-19-9-7-6-8-10-19)22(27)16-13-18-11-14-20(15-12-18)26(4)5/h6-12,14-15,21H,17H2,1-5H3,(H,25,28)/t21-/m0/s1. The predicted molar refractivity (Wildman–Crippen MR) is 116 cm³/mol. The Balaban J connectivity index is 2.16. The second-order valence-electron chi connectivity index (χ2n) is 7.94. The topological polar surface area (TPSA) is 58.6 Å². The molecule has 152 valence electrons. The second-order valence-corrected chi connectivity index (χ2v) is 7.94. The molecule has 1 amide bonds. The van der Waals surface area contributed by atoms with E-state index in [0.717, 1.165) is 16.8 Å². The number of nitrogens with one attached hydrogen (secondary N) is 1. The van der Waals surface area contributed by atoms with Crippen LogP contribution < -0.4 is 10.2 Å². The Labute approximate surface area is 173 Å². The van der Waals surface area contributed by atoms with E-state index in [0.29, 0.717) is 6.42 Å². The highest BCUT2D eigenvalue weighted by atomic mass is 16.6. The van der Waals surface area contributed by atoms with Crippen LogP contribution in [0.15, 0.2) is 54.6 Å². The summed E-state index contributed by atoms with van der Waals surface area (Å²) in [6.45, 7) is 5.33. The lowest BCUT2D eigenvalue weighted by atomic mass is 10.0. The smallest absolute Gasteiger partial charge is 0.408 e. The molecule has 0 aromatic heterocycles. The molecule has 0 radical (unpaired) electrons. The molecule has 0 fully saturated rings. The van der Waals surface area contributed by atoms with Crippen molar-refractivity contribution in [1.82, 2.24) is 5.32 Å². The zero-order valence-electron chi connectivity index (χ0n) is 17.7. The number of Topliss-reactive ketones (excluding diaryl/α,β-unsaturated/α-hetero) is 1. The van der Waals surface area contributed by atoms with Crippen molar-refractivity contribution in [3.63, 3.8) is 0 Å². The first-order valence-corrected chi connectivity index (χ1v) is 9.51. The summed E-state index contributed by atoms with van der Waals surface area (Å²) in [6, 6.07) is 16.3. The molecule has 2 rings (SSSR count). The highest BCUT2D eigenvalue weighted by molar-refractivity contribution is 6.01. The summed E-state index contributed by atoms with van der Waals surface area (Å²) in [5.41, 5.74) is 2.07. The maximum absolute atomic E-state index is 12.7. The van der Waals surface area contributed by atoms with Crippen molar-refractivity contribution in [2.24, 2.45) is 0 Å². The SMILES string of the molecule is CN(C)c1ccc(C#CC(=O)[C@H](Cc2ccccc2)NC(=O)OC(C)(C)C)cc1. The molecule has 0 heterocycles. The average molecular weight is 392 g/mol. The summed E-state index contributed by atoms with van der Waals surface area (Å²) in [7, 11) is 3.92. The van der Waals surface area contributed by atoms with E-state index in [4.69, 9.17) is 4.74 Å². The number of ketones is 1. The van der Waals surface area contributed by atoms with Gasteiger partial charge in [0.2, 0.25) is 5.78 Å². The number of carbonyl (C=O) groups is 2. The monoisotopic (exact) mass is 392 g/mol. The lowest BCUT2D eigenvalue weighted by molar-refractivity contribution is -0.115. The maximum Gasteiger partial charge on any atom is 0.408 e. The molecule has 0 aliphatic carbocycles. The molecule has 2 aromatic rings. The molecule has 1 N–H and O–H groups in total. The van der Waals surface area contributed by atoms with E-state index in [1.54, 1.807) is 20.8 Å². The van der Waals surface area contributed by atoms with Crippen LogP contribution in [0, 0.1) is 11.8 Å². The van der Waals surface area contributed by atoms with Gasteiger partial charge >= 0.3 is 6.09 Å². The van der Waals surface area contributed by atoms with Crippen molar-refractivity contribution in [2.45, 2.75) is 38.8 Å². The van der Waals surface area contributed by atoms with Gasteiger partial charge in [0.15, 0.2) is 0 Å². The molecular weight excluding hydrogens is 364 g/mol. The molecule has 5 nitrogen and oxygen atoms in total. The summed E-state index contributed by atoms with van der Waals surface area (Å²) in [5, 5.41) is 2.66. The third-order valence-corrected chi connectivity index (χ3v) is 4.00. The Morgan fingerprint density at radius 3 is 2.21 bits per heavy atom. The van der Waals surface area contributed by atoms with E-state index < -0.39 is 17.7 Å². The average Bonchev–Trinajstić information content (AvgIpc) is 2.65. The van der Waals surface area contributed by atoms with E-state index in [2.05, 4.69) is 17.2 Å². The van der Waals surface area contributed by atoms with Gasteiger partial charge in [-0.2, -0.15) is 0 Å². The minimum atomic E-state index is -0.791. The predicted octanol–water partition coefficient (Wildman–Crippen LogP) is 3.81. The van der Waals surface area contributed by atoms with Gasteiger partial charge in [0.05, 0.1) is 0 Å². The van der Waals surface area contributed by atoms with Crippen LogP contribution in [-0.2, 0) is 16.0 Å². The molecular formula is C24H28N2O3. The second kappa shape index (κ2) is 9.79. The van der Waals surface area contributed by atoms with Crippen LogP contribution in [0.4, 0.5) is 10.5 Å². The molecule has 2 aromatic carbocycles. The zero-order valence-corrected chi connectivity index (χ0v) is 17.7. The fourth-order valence-electron chi connectivity index (χ4n) is 2.57. The van der Waals surface area contributed by atoms with Crippen LogP contribution in [-0.4, -0.2) is 37.6 Å². The summed E-state index contributed by atoms with van der Waals surface area (Å²) >= 11 is 0. The summed E-state index contributed by atoms with van der Waals surface area (Å²) in [4.78, 5) is 26.9. The third kappa shape index (κ3) is 7.71. The molecule has 29 heavy (non-hydrogen) atoms. The first-order valence-electron chi connectivity index (χ1n) is 9.51. The van der Waals surface area contributed by atoms with Crippen molar-refractivity contribution >= 4 is 17.6 Å². The van der Waals surface area contributed by atoms with Gasteiger partial charge in [-0.3, -0.25) is 4.79 Å². The summed E-state index contributed by atoms with van der Waals surface area (Å²) < 4.78 is 5.30. The van der Waals surface area contributed by atoms with Gasteiger partial charge in [-0.1, -0.05) is 36.3 Å².